The van der Waals surface area contributed by atoms with Gasteiger partial charge in [0, 0.05) is 6.04 Å². The van der Waals surface area contributed by atoms with Crippen molar-refractivity contribution in [1.29, 1.82) is 0 Å². The predicted octanol–water partition coefficient (Wildman–Crippen LogP) is 5.11. The third-order valence-electron chi connectivity index (χ3n) is 4.94. The normalized spacial score (nSPS) is 24.9. The molecule has 0 saturated heterocycles. The Labute approximate surface area is 121 Å². The van der Waals surface area contributed by atoms with E-state index in [4.69, 9.17) is 0 Å². The van der Waals surface area contributed by atoms with Crippen molar-refractivity contribution in [3.8, 4) is 0 Å². The van der Waals surface area contributed by atoms with Crippen LogP contribution in [0.25, 0.3) is 0 Å². The fourth-order valence-corrected chi connectivity index (χ4v) is 3.90. The SMILES string of the molecule is CC(C)CC1CCCC(NCC(C(C)C)C(C)C)C1. The quantitative estimate of drug-likeness (QED) is 0.676. The fraction of sp³-hybridized carbons (Fsp3) is 1.00. The van der Waals surface area contributed by atoms with E-state index in [0.717, 1.165) is 35.6 Å². The molecular weight excluding hydrogens is 230 g/mol. The zero-order chi connectivity index (χ0) is 14.4. The van der Waals surface area contributed by atoms with Gasteiger partial charge in [-0.05, 0) is 55.4 Å². The molecule has 0 aromatic carbocycles. The highest BCUT2D eigenvalue weighted by molar-refractivity contribution is 4.80. The van der Waals surface area contributed by atoms with Gasteiger partial charge in [0.2, 0.25) is 0 Å². The van der Waals surface area contributed by atoms with Crippen LogP contribution in [0.5, 0.6) is 0 Å². The molecule has 1 heteroatoms. The van der Waals surface area contributed by atoms with E-state index in [1.165, 1.54) is 38.6 Å². The van der Waals surface area contributed by atoms with E-state index in [1.54, 1.807) is 0 Å². The molecule has 0 heterocycles. The zero-order valence-electron chi connectivity index (χ0n) is 14.2. The summed E-state index contributed by atoms with van der Waals surface area (Å²) in [5.74, 6) is 4.25. The Morgan fingerprint density at radius 3 is 2.11 bits per heavy atom. The molecule has 2 atom stereocenters. The second kappa shape index (κ2) is 8.29. The second-order valence-corrected chi connectivity index (χ2v) is 7.92. The molecule has 1 fully saturated rings. The van der Waals surface area contributed by atoms with E-state index in [0.29, 0.717) is 0 Å². The molecule has 1 aliphatic rings. The Morgan fingerprint density at radius 2 is 1.58 bits per heavy atom. The van der Waals surface area contributed by atoms with Crippen LogP contribution in [0.2, 0.25) is 0 Å². The number of rotatable bonds is 7. The van der Waals surface area contributed by atoms with Crippen molar-refractivity contribution in [2.75, 3.05) is 6.54 Å². The summed E-state index contributed by atoms with van der Waals surface area (Å²) in [5, 5.41) is 3.89. The topological polar surface area (TPSA) is 12.0 Å². The molecule has 1 aliphatic carbocycles. The van der Waals surface area contributed by atoms with Gasteiger partial charge in [0.25, 0.3) is 0 Å². The molecule has 0 aromatic heterocycles. The Morgan fingerprint density at radius 1 is 0.947 bits per heavy atom. The van der Waals surface area contributed by atoms with Crippen LogP contribution in [0.1, 0.15) is 73.6 Å². The average Bonchev–Trinajstić information content (AvgIpc) is 2.27. The molecule has 0 spiro atoms. The molecule has 1 N–H and O–H groups in total. The second-order valence-electron chi connectivity index (χ2n) is 7.92. The summed E-state index contributed by atoms with van der Waals surface area (Å²) in [7, 11) is 0. The van der Waals surface area contributed by atoms with Crippen molar-refractivity contribution < 1.29 is 0 Å². The lowest BCUT2D eigenvalue weighted by Gasteiger charge is -2.33. The van der Waals surface area contributed by atoms with Gasteiger partial charge in [0.05, 0.1) is 0 Å². The molecule has 0 amide bonds. The minimum absolute atomic E-state index is 0.789. The third kappa shape index (κ3) is 6.29. The molecular formula is C18H37N. The van der Waals surface area contributed by atoms with Gasteiger partial charge in [-0.15, -0.1) is 0 Å². The van der Waals surface area contributed by atoms with Crippen LogP contribution < -0.4 is 5.32 Å². The van der Waals surface area contributed by atoms with E-state index in [9.17, 15) is 0 Å². The summed E-state index contributed by atoms with van der Waals surface area (Å²) in [6.07, 6.45) is 7.14. The first-order valence-electron chi connectivity index (χ1n) is 8.63. The lowest BCUT2D eigenvalue weighted by molar-refractivity contribution is 0.218. The molecule has 1 saturated carbocycles. The summed E-state index contributed by atoms with van der Waals surface area (Å²) in [5.41, 5.74) is 0. The van der Waals surface area contributed by atoms with Crippen LogP contribution >= 0.6 is 0 Å². The van der Waals surface area contributed by atoms with Crippen molar-refractivity contribution in [1.82, 2.24) is 5.32 Å². The Hall–Kier alpha value is -0.0400. The maximum Gasteiger partial charge on any atom is 0.00698 e. The number of hydrogen-bond donors (Lipinski definition) is 1. The van der Waals surface area contributed by atoms with E-state index < -0.39 is 0 Å². The summed E-state index contributed by atoms with van der Waals surface area (Å²) in [6.45, 7) is 15.4. The molecule has 0 aromatic rings. The maximum absolute atomic E-state index is 3.89. The summed E-state index contributed by atoms with van der Waals surface area (Å²) < 4.78 is 0. The Balaban J connectivity index is 2.35. The third-order valence-corrected chi connectivity index (χ3v) is 4.94. The van der Waals surface area contributed by atoms with Gasteiger partial charge < -0.3 is 5.32 Å². The van der Waals surface area contributed by atoms with Gasteiger partial charge in [-0.3, -0.25) is 0 Å². The fourth-order valence-electron chi connectivity index (χ4n) is 3.90. The van der Waals surface area contributed by atoms with Crippen molar-refractivity contribution >= 4 is 0 Å². The first-order valence-corrected chi connectivity index (χ1v) is 8.63. The smallest absolute Gasteiger partial charge is 0.00698 e. The number of hydrogen-bond acceptors (Lipinski definition) is 1. The van der Waals surface area contributed by atoms with E-state index in [1.807, 2.05) is 0 Å². The molecule has 19 heavy (non-hydrogen) atoms. The molecule has 1 nitrogen and oxygen atoms in total. The zero-order valence-corrected chi connectivity index (χ0v) is 14.2. The van der Waals surface area contributed by atoms with Crippen molar-refractivity contribution in [2.24, 2.45) is 29.6 Å². The minimum Gasteiger partial charge on any atom is -0.314 e. The van der Waals surface area contributed by atoms with Gasteiger partial charge >= 0.3 is 0 Å². The molecule has 1 rings (SSSR count). The minimum atomic E-state index is 0.789. The van der Waals surface area contributed by atoms with Crippen LogP contribution in [0.4, 0.5) is 0 Å². The van der Waals surface area contributed by atoms with Crippen LogP contribution in [-0.4, -0.2) is 12.6 Å². The first-order chi connectivity index (χ1) is 8.90. The van der Waals surface area contributed by atoms with Crippen LogP contribution in [0, 0.1) is 29.6 Å². The van der Waals surface area contributed by atoms with Gasteiger partial charge in [-0.1, -0.05) is 54.4 Å². The van der Waals surface area contributed by atoms with E-state index >= 15 is 0 Å². The first kappa shape index (κ1) is 17.0. The Bertz CT molecular complexity index is 224. The molecule has 114 valence electrons. The maximum atomic E-state index is 3.89. The van der Waals surface area contributed by atoms with Gasteiger partial charge in [0.15, 0.2) is 0 Å². The van der Waals surface area contributed by atoms with Crippen molar-refractivity contribution in [2.45, 2.75) is 79.7 Å². The molecule has 0 aliphatic heterocycles. The van der Waals surface area contributed by atoms with Gasteiger partial charge in [-0.2, -0.15) is 0 Å². The van der Waals surface area contributed by atoms with Crippen molar-refractivity contribution in [3.63, 3.8) is 0 Å². The lowest BCUT2D eigenvalue weighted by Crippen LogP contribution is -2.39. The van der Waals surface area contributed by atoms with Gasteiger partial charge in [0.1, 0.15) is 0 Å². The average molecular weight is 268 g/mol. The largest absolute Gasteiger partial charge is 0.314 e. The standard InChI is InChI=1S/C18H37N/c1-13(2)10-16-8-7-9-17(11-16)19-12-18(14(3)4)15(5)6/h13-19H,7-12H2,1-6H3. The van der Waals surface area contributed by atoms with Gasteiger partial charge in [-0.25, -0.2) is 0 Å². The molecule has 0 radical (unpaired) electrons. The van der Waals surface area contributed by atoms with E-state index in [2.05, 4.69) is 46.9 Å². The van der Waals surface area contributed by atoms with Crippen molar-refractivity contribution in [3.05, 3.63) is 0 Å². The molecule has 0 bridgehead atoms. The highest BCUT2D eigenvalue weighted by Crippen LogP contribution is 2.30. The summed E-state index contributed by atoms with van der Waals surface area (Å²) in [4.78, 5) is 0. The highest BCUT2D eigenvalue weighted by atomic mass is 14.9. The lowest BCUT2D eigenvalue weighted by atomic mass is 9.80. The van der Waals surface area contributed by atoms with Crippen LogP contribution in [-0.2, 0) is 0 Å². The number of nitrogens with one attached hydrogen (secondary N) is 1. The summed E-state index contributed by atoms with van der Waals surface area (Å²) >= 11 is 0. The predicted molar refractivity (Wildman–Crippen MR) is 86.4 cm³/mol. The molecule has 2 unspecified atom stereocenters. The Kier molecular flexibility index (Phi) is 7.42. The van der Waals surface area contributed by atoms with Crippen LogP contribution in [0.15, 0.2) is 0 Å². The monoisotopic (exact) mass is 267 g/mol. The van der Waals surface area contributed by atoms with E-state index in [-0.39, 0.29) is 0 Å². The highest BCUT2D eigenvalue weighted by Gasteiger charge is 2.24. The summed E-state index contributed by atoms with van der Waals surface area (Å²) in [6, 6.07) is 0.789. The van der Waals surface area contributed by atoms with Crippen LogP contribution in [0.3, 0.4) is 0 Å².